The second kappa shape index (κ2) is 4.30. The van der Waals surface area contributed by atoms with Crippen LogP contribution < -0.4 is 5.32 Å². The summed E-state index contributed by atoms with van der Waals surface area (Å²) in [6.45, 7) is 1.07. The van der Waals surface area contributed by atoms with Crippen LogP contribution in [0.2, 0.25) is 0 Å². The molecule has 1 aliphatic carbocycles. The lowest BCUT2D eigenvalue weighted by Gasteiger charge is -2.20. The summed E-state index contributed by atoms with van der Waals surface area (Å²) in [5.74, 6) is -0.0432. The molecule has 0 unspecified atom stereocenters. The first-order valence-electron chi connectivity index (χ1n) is 6.68. The lowest BCUT2D eigenvalue weighted by molar-refractivity contribution is -0.147. The fourth-order valence-electron chi connectivity index (χ4n) is 2.85. The van der Waals surface area contributed by atoms with E-state index in [4.69, 9.17) is 4.74 Å². The molecule has 1 aliphatic heterocycles. The molecule has 96 valence electrons. The highest BCUT2D eigenvalue weighted by Gasteiger charge is 2.50. The number of nitrogens with one attached hydrogen (secondary N) is 1. The molecule has 0 amide bonds. The van der Waals surface area contributed by atoms with Crippen LogP contribution in [0.15, 0.2) is 18.2 Å². The van der Waals surface area contributed by atoms with Crippen molar-refractivity contribution >= 4 is 11.7 Å². The van der Waals surface area contributed by atoms with Crippen molar-refractivity contribution in [1.82, 2.24) is 0 Å². The molecule has 1 heterocycles. The van der Waals surface area contributed by atoms with Gasteiger partial charge in [0.1, 0.15) is 0 Å². The minimum Gasteiger partial charge on any atom is -0.469 e. The maximum absolute atomic E-state index is 11.8. The summed E-state index contributed by atoms with van der Waals surface area (Å²) in [5, 5.41) is 3.41. The standard InChI is InChI=1S/C15H19NO2/c1-18-14(17)15(6-7-15)10-11-4-5-13-12(9-11)3-2-8-16-13/h4-5,9,16H,2-3,6-8,10H2,1H3. The van der Waals surface area contributed by atoms with E-state index in [2.05, 4.69) is 23.5 Å². The molecule has 0 aromatic heterocycles. The molecule has 0 saturated heterocycles. The minimum atomic E-state index is -0.217. The molecule has 3 heteroatoms. The molecule has 3 nitrogen and oxygen atoms in total. The first-order valence-corrected chi connectivity index (χ1v) is 6.68. The van der Waals surface area contributed by atoms with Crippen molar-refractivity contribution in [2.45, 2.75) is 32.1 Å². The zero-order chi connectivity index (χ0) is 12.6. The summed E-state index contributed by atoms with van der Waals surface area (Å²) in [6.07, 6.45) is 5.09. The number of hydrogen-bond acceptors (Lipinski definition) is 3. The number of benzene rings is 1. The zero-order valence-electron chi connectivity index (χ0n) is 10.8. The molecule has 1 aromatic rings. The summed E-state index contributed by atoms with van der Waals surface area (Å²) in [4.78, 5) is 11.8. The number of carbonyl (C=O) groups excluding carboxylic acids is 1. The van der Waals surface area contributed by atoms with Crippen molar-refractivity contribution in [3.8, 4) is 0 Å². The smallest absolute Gasteiger partial charge is 0.312 e. The Morgan fingerprint density at radius 3 is 3.00 bits per heavy atom. The fraction of sp³-hybridized carbons (Fsp3) is 0.533. The van der Waals surface area contributed by atoms with E-state index in [0.29, 0.717) is 0 Å². The first-order chi connectivity index (χ1) is 8.73. The maximum Gasteiger partial charge on any atom is 0.312 e. The van der Waals surface area contributed by atoms with Gasteiger partial charge in [-0.05, 0) is 49.3 Å². The molecule has 0 spiro atoms. The van der Waals surface area contributed by atoms with E-state index in [1.165, 1.54) is 30.3 Å². The second-order valence-electron chi connectivity index (χ2n) is 5.47. The van der Waals surface area contributed by atoms with Crippen LogP contribution in [0, 0.1) is 5.41 Å². The zero-order valence-corrected chi connectivity index (χ0v) is 10.8. The summed E-state index contributed by atoms with van der Waals surface area (Å²) in [7, 11) is 1.49. The Kier molecular flexibility index (Phi) is 2.77. The molecule has 1 saturated carbocycles. The highest BCUT2D eigenvalue weighted by atomic mass is 16.5. The Labute approximate surface area is 108 Å². The van der Waals surface area contributed by atoms with Crippen LogP contribution in [0.3, 0.4) is 0 Å². The van der Waals surface area contributed by atoms with Crippen molar-refractivity contribution < 1.29 is 9.53 Å². The number of fused-ring (bicyclic) bond motifs is 1. The monoisotopic (exact) mass is 245 g/mol. The Balaban J connectivity index is 1.79. The Bertz CT molecular complexity index is 477. The molecular formula is C15H19NO2. The van der Waals surface area contributed by atoms with Gasteiger partial charge in [0.05, 0.1) is 12.5 Å². The van der Waals surface area contributed by atoms with Crippen molar-refractivity contribution in [3.63, 3.8) is 0 Å². The van der Waals surface area contributed by atoms with Gasteiger partial charge >= 0.3 is 5.97 Å². The molecule has 18 heavy (non-hydrogen) atoms. The van der Waals surface area contributed by atoms with E-state index in [1.54, 1.807) is 0 Å². The van der Waals surface area contributed by atoms with Gasteiger partial charge in [-0.2, -0.15) is 0 Å². The van der Waals surface area contributed by atoms with E-state index >= 15 is 0 Å². The number of hydrogen-bond donors (Lipinski definition) is 1. The Morgan fingerprint density at radius 1 is 1.44 bits per heavy atom. The number of methoxy groups -OCH3 is 1. The third-order valence-corrected chi connectivity index (χ3v) is 4.12. The van der Waals surface area contributed by atoms with Gasteiger partial charge in [0, 0.05) is 12.2 Å². The number of anilines is 1. The Hall–Kier alpha value is -1.51. The fourth-order valence-corrected chi connectivity index (χ4v) is 2.85. The van der Waals surface area contributed by atoms with Crippen molar-refractivity contribution in [1.29, 1.82) is 0 Å². The van der Waals surface area contributed by atoms with Gasteiger partial charge in [-0.3, -0.25) is 4.79 Å². The average Bonchev–Trinajstić information content (AvgIpc) is 3.18. The third kappa shape index (κ3) is 1.98. The average molecular weight is 245 g/mol. The first kappa shape index (κ1) is 11.6. The summed E-state index contributed by atoms with van der Waals surface area (Å²) < 4.78 is 4.91. The van der Waals surface area contributed by atoms with Gasteiger partial charge < -0.3 is 10.1 Å². The van der Waals surface area contributed by atoms with Crippen LogP contribution in [0.25, 0.3) is 0 Å². The van der Waals surface area contributed by atoms with Gasteiger partial charge in [-0.1, -0.05) is 12.1 Å². The lowest BCUT2D eigenvalue weighted by Crippen LogP contribution is -2.20. The topological polar surface area (TPSA) is 38.3 Å². The number of carbonyl (C=O) groups is 1. The third-order valence-electron chi connectivity index (χ3n) is 4.12. The maximum atomic E-state index is 11.8. The number of ether oxygens (including phenoxy) is 1. The highest BCUT2D eigenvalue weighted by Crippen LogP contribution is 2.49. The van der Waals surface area contributed by atoms with Crippen molar-refractivity contribution in [2.24, 2.45) is 5.41 Å². The molecule has 0 radical (unpaired) electrons. The molecular weight excluding hydrogens is 226 g/mol. The van der Waals surface area contributed by atoms with Gasteiger partial charge in [0.15, 0.2) is 0 Å². The van der Waals surface area contributed by atoms with Gasteiger partial charge in [0.25, 0.3) is 0 Å². The second-order valence-corrected chi connectivity index (χ2v) is 5.47. The predicted octanol–water partition coefficient (Wildman–Crippen LogP) is 2.54. The van der Waals surface area contributed by atoms with Crippen LogP contribution in [0.1, 0.15) is 30.4 Å². The quantitative estimate of drug-likeness (QED) is 0.832. The van der Waals surface area contributed by atoms with Gasteiger partial charge in [-0.15, -0.1) is 0 Å². The summed E-state index contributed by atoms with van der Waals surface area (Å²) >= 11 is 0. The summed E-state index contributed by atoms with van der Waals surface area (Å²) in [5.41, 5.74) is 3.69. The predicted molar refractivity (Wildman–Crippen MR) is 70.6 cm³/mol. The van der Waals surface area contributed by atoms with E-state index in [9.17, 15) is 4.79 Å². The minimum absolute atomic E-state index is 0.0432. The van der Waals surface area contributed by atoms with Gasteiger partial charge in [0.2, 0.25) is 0 Å². The van der Waals surface area contributed by atoms with Gasteiger partial charge in [-0.25, -0.2) is 0 Å². The van der Waals surface area contributed by atoms with E-state index in [0.717, 1.165) is 32.2 Å². The molecule has 1 N–H and O–H groups in total. The van der Waals surface area contributed by atoms with E-state index in [-0.39, 0.29) is 11.4 Å². The van der Waals surface area contributed by atoms with Crippen LogP contribution in [-0.2, 0) is 22.4 Å². The lowest BCUT2D eigenvalue weighted by atomic mass is 9.93. The molecule has 2 aliphatic rings. The van der Waals surface area contributed by atoms with E-state index < -0.39 is 0 Å². The highest BCUT2D eigenvalue weighted by molar-refractivity contribution is 5.80. The van der Waals surface area contributed by atoms with Crippen molar-refractivity contribution in [2.75, 3.05) is 19.0 Å². The number of rotatable bonds is 3. The van der Waals surface area contributed by atoms with Crippen LogP contribution in [0.4, 0.5) is 5.69 Å². The van der Waals surface area contributed by atoms with E-state index in [1.807, 2.05) is 0 Å². The SMILES string of the molecule is COC(=O)C1(Cc2ccc3c(c2)CCCN3)CC1. The molecule has 0 atom stereocenters. The molecule has 1 aromatic carbocycles. The van der Waals surface area contributed by atoms with Crippen LogP contribution in [0.5, 0.6) is 0 Å². The normalized spacial score (nSPS) is 19.6. The molecule has 1 fully saturated rings. The van der Waals surface area contributed by atoms with Crippen LogP contribution in [-0.4, -0.2) is 19.6 Å². The summed E-state index contributed by atoms with van der Waals surface area (Å²) in [6, 6.07) is 6.54. The van der Waals surface area contributed by atoms with Crippen LogP contribution >= 0.6 is 0 Å². The number of esters is 1. The Morgan fingerprint density at radius 2 is 2.28 bits per heavy atom. The molecule has 0 bridgehead atoms. The largest absolute Gasteiger partial charge is 0.469 e. The molecule has 3 rings (SSSR count). The van der Waals surface area contributed by atoms with Crippen molar-refractivity contribution in [3.05, 3.63) is 29.3 Å². The number of aryl methyl sites for hydroxylation is 1.